The molecule has 0 aliphatic carbocycles. The van der Waals surface area contributed by atoms with Crippen LogP contribution in [-0.2, 0) is 35.2 Å². The largest absolute Gasteiger partial charge is 0.508 e. The van der Waals surface area contributed by atoms with Gasteiger partial charge in [0.15, 0.2) is 0 Å². The van der Waals surface area contributed by atoms with Gasteiger partial charge in [-0.25, -0.2) is 9.59 Å². The van der Waals surface area contributed by atoms with E-state index in [4.69, 9.17) is 25.5 Å². The zero-order chi connectivity index (χ0) is 50.6. The topological polar surface area (TPSA) is 261 Å². The van der Waals surface area contributed by atoms with Crippen LogP contribution in [0.5, 0.6) is 5.75 Å². The first-order valence-corrected chi connectivity index (χ1v) is 21.5. The summed E-state index contributed by atoms with van der Waals surface area (Å²) in [5, 5.41) is 35.3. The molecule has 3 aromatic carbocycles. The number of carbonyl (C=O) groups is 7. The van der Waals surface area contributed by atoms with Crippen LogP contribution >= 0.6 is 0 Å². The van der Waals surface area contributed by atoms with E-state index in [-0.39, 0.29) is 42.3 Å². The number of hydrogen-bond donors (Lipinski definition) is 8. The van der Waals surface area contributed by atoms with Crippen LogP contribution in [0.1, 0.15) is 74.2 Å². The Morgan fingerprint density at radius 3 is 1.91 bits per heavy atom. The molecule has 2 aliphatic heterocycles. The Bertz CT molecular complexity index is 2160. The molecule has 0 bridgehead atoms. The van der Waals surface area contributed by atoms with Crippen LogP contribution in [0.3, 0.4) is 0 Å². The lowest BCUT2D eigenvalue weighted by atomic mass is 9.91. The van der Waals surface area contributed by atoms with Crippen LogP contribution in [0.2, 0.25) is 0 Å². The molecule has 372 valence electrons. The molecular weight excluding hydrogens is 913 g/mol. The van der Waals surface area contributed by atoms with Gasteiger partial charge in [-0.1, -0.05) is 49.2 Å². The van der Waals surface area contributed by atoms with E-state index in [1.165, 1.54) is 19.1 Å². The second kappa shape index (κ2) is 26.6. The van der Waals surface area contributed by atoms with Gasteiger partial charge in [-0.05, 0) is 106 Å². The van der Waals surface area contributed by atoms with Crippen LogP contribution in [0.15, 0.2) is 72.8 Å². The first-order valence-electron chi connectivity index (χ1n) is 21.5. The Hall–Kier alpha value is -6.75. The fraction of sp³-hybridized carbons (Fsp3) is 0.444. The number of phenols is 1. The van der Waals surface area contributed by atoms with E-state index in [0.29, 0.717) is 60.9 Å². The number of piperidine rings is 1. The molecule has 5 rings (SSSR count). The standard InChI is InChI=1S/C41H53N7O6.2C2HF3O2/c1-28(49)44-35(26-30-16-18-31(50)19-17-30)41(54)46-34(13-6-8-22-42)40(53)43-23-9-7-10-29-20-24-47(25-21-29)27-38(51)48-36-14-4-2-11-32(36)39(52)45-33-12-3-5-15-37(33)48;2*3-2(4,5)1(6)7/h2-5,11-12,14-19,29,34-35,50H,6-10,13,20-27,42H2,1H3,(H,43,53)(H,44,49)(H,45,52)(H,46,54);2*(H,6,7)/t34-,35-;;/m0../s1. The van der Waals surface area contributed by atoms with Gasteiger partial charge in [0.2, 0.25) is 23.6 Å². The van der Waals surface area contributed by atoms with Crippen molar-refractivity contribution in [2.24, 2.45) is 11.7 Å². The average Bonchev–Trinajstić information content (AvgIpc) is 3.40. The summed E-state index contributed by atoms with van der Waals surface area (Å²) >= 11 is 0. The van der Waals surface area contributed by atoms with E-state index in [2.05, 4.69) is 26.2 Å². The van der Waals surface area contributed by atoms with Gasteiger partial charge in [0.25, 0.3) is 5.91 Å². The van der Waals surface area contributed by atoms with E-state index in [1.807, 2.05) is 36.4 Å². The molecule has 0 spiro atoms. The van der Waals surface area contributed by atoms with E-state index in [9.17, 15) is 55.4 Å². The van der Waals surface area contributed by atoms with Gasteiger partial charge in [0.05, 0.1) is 29.2 Å². The van der Waals surface area contributed by atoms with Gasteiger partial charge >= 0.3 is 24.3 Å². The molecule has 1 saturated heterocycles. The molecule has 2 aliphatic rings. The summed E-state index contributed by atoms with van der Waals surface area (Å²) < 4.78 is 63.5. The van der Waals surface area contributed by atoms with Crippen molar-refractivity contribution in [3.8, 4) is 5.75 Å². The summed E-state index contributed by atoms with van der Waals surface area (Å²) in [6.07, 6.45) is -3.45. The number of alkyl halides is 6. The summed E-state index contributed by atoms with van der Waals surface area (Å²) in [5.74, 6) is -6.29. The molecule has 9 N–H and O–H groups in total. The number of benzene rings is 3. The second-order valence-electron chi connectivity index (χ2n) is 15.8. The predicted octanol–water partition coefficient (Wildman–Crippen LogP) is 5.25. The minimum absolute atomic E-state index is 0.0823. The number of carboxylic acid groups (broad SMARTS) is 2. The number of amides is 5. The summed E-state index contributed by atoms with van der Waals surface area (Å²) in [4.78, 5) is 86.9. The Labute approximate surface area is 387 Å². The van der Waals surface area contributed by atoms with E-state index in [1.54, 1.807) is 29.2 Å². The molecule has 0 unspecified atom stereocenters. The lowest BCUT2D eigenvalue weighted by Crippen LogP contribution is -2.54. The van der Waals surface area contributed by atoms with E-state index >= 15 is 0 Å². The Morgan fingerprint density at radius 2 is 1.34 bits per heavy atom. The third kappa shape index (κ3) is 18.5. The van der Waals surface area contributed by atoms with Gasteiger partial charge in [0, 0.05) is 19.9 Å². The van der Waals surface area contributed by atoms with Crippen LogP contribution in [-0.4, -0.2) is 119 Å². The monoisotopic (exact) mass is 967 g/mol. The number of phenolic OH excluding ortho intramolecular Hbond substituents is 1. The zero-order valence-electron chi connectivity index (χ0n) is 37.0. The maximum absolute atomic E-state index is 13.8. The number of nitrogens with one attached hydrogen (secondary N) is 4. The summed E-state index contributed by atoms with van der Waals surface area (Å²) in [6, 6.07) is 19.3. The highest BCUT2D eigenvalue weighted by molar-refractivity contribution is 6.18. The van der Waals surface area contributed by atoms with Crippen LogP contribution in [0, 0.1) is 5.92 Å². The molecular formula is C45H55F6N7O10. The van der Waals surface area contributed by atoms with Crippen molar-refractivity contribution in [1.29, 1.82) is 0 Å². The second-order valence-corrected chi connectivity index (χ2v) is 15.8. The SMILES string of the molecule is CC(=O)N[C@@H](Cc1ccc(O)cc1)C(=O)N[C@@H](CCCCN)C(=O)NCCCCC1CCN(CC(=O)N2c3ccccc3NC(=O)c3ccccc32)CC1.O=C(O)C(F)(F)F.O=C(O)C(F)(F)F. The fourth-order valence-electron chi connectivity index (χ4n) is 7.17. The van der Waals surface area contributed by atoms with E-state index in [0.717, 1.165) is 50.8 Å². The molecule has 68 heavy (non-hydrogen) atoms. The number of hydrogen-bond acceptors (Lipinski definition) is 10. The van der Waals surface area contributed by atoms with Gasteiger partial charge in [-0.15, -0.1) is 0 Å². The Kier molecular flexibility index (Phi) is 21.7. The van der Waals surface area contributed by atoms with Gasteiger partial charge in [-0.3, -0.25) is 33.8 Å². The highest BCUT2D eigenvalue weighted by atomic mass is 19.4. The number of carbonyl (C=O) groups excluding carboxylic acids is 5. The summed E-state index contributed by atoms with van der Waals surface area (Å²) in [7, 11) is 0. The minimum atomic E-state index is -5.08. The maximum Gasteiger partial charge on any atom is 0.490 e. The van der Waals surface area contributed by atoms with Crippen molar-refractivity contribution >= 4 is 58.5 Å². The third-order valence-corrected chi connectivity index (χ3v) is 10.6. The molecule has 0 saturated carbocycles. The number of aliphatic carboxylic acids is 2. The number of unbranched alkanes of at least 4 members (excludes halogenated alkanes) is 2. The quantitative estimate of drug-likeness (QED) is 0.0638. The molecule has 2 heterocycles. The van der Waals surface area contributed by atoms with Crippen molar-refractivity contribution in [1.82, 2.24) is 20.9 Å². The first kappa shape index (κ1) is 55.6. The Morgan fingerprint density at radius 1 is 0.765 bits per heavy atom. The molecule has 0 aromatic heterocycles. The molecule has 23 heteroatoms. The molecule has 0 radical (unpaired) electrons. The van der Waals surface area contributed by atoms with Crippen LogP contribution in [0.4, 0.5) is 43.4 Å². The van der Waals surface area contributed by atoms with E-state index < -0.39 is 42.3 Å². The predicted molar refractivity (Wildman–Crippen MR) is 236 cm³/mol. The number of anilines is 3. The smallest absolute Gasteiger partial charge is 0.490 e. The fourth-order valence-corrected chi connectivity index (χ4v) is 7.17. The van der Waals surface area contributed by atoms with Crippen molar-refractivity contribution in [2.75, 3.05) is 42.9 Å². The molecule has 2 atom stereocenters. The number of halogens is 6. The van der Waals surface area contributed by atoms with Crippen molar-refractivity contribution < 1.29 is 75.2 Å². The number of para-hydroxylation sites is 3. The lowest BCUT2D eigenvalue weighted by Gasteiger charge is -2.33. The zero-order valence-corrected chi connectivity index (χ0v) is 37.0. The number of rotatable bonds is 17. The summed E-state index contributed by atoms with van der Waals surface area (Å²) in [6.45, 7) is 4.16. The van der Waals surface area contributed by atoms with Gasteiger partial charge in [0.1, 0.15) is 17.8 Å². The van der Waals surface area contributed by atoms with Gasteiger partial charge < -0.3 is 42.3 Å². The van der Waals surface area contributed by atoms with Crippen LogP contribution < -0.4 is 31.9 Å². The van der Waals surface area contributed by atoms with Crippen molar-refractivity contribution in [3.05, 3.63) is 83.9 Å². The molecule has 17 nitrogen and oxygen atoms in total. The van der Waals surface area contributed by atoms with Crippen LogP contribution in [0.25, 0.3) is 0 Å². The highest BCUT2D eigenvalue weighted by Gasteiger charge is 2.39. The minimum Gasteiger partial charge on any atom is -0.508 e. The normalized spacial score (nSPS) is 14.6. The molecule has 5 amide bonds. The molecule has 3 aromatic rings. The van der Waals surface area contributed by atoms with Gasteiger partial charge in [-0.2, -0.15) is 26.3 Å². The number of nitrogens with two attached hydrogens (primary N) is 1. The highest BCUT2D eigenvalue weighted by Crippen LogP contribution is 2.38. The summed E-state index contributed by atoms with van der Waals surface area (Å²) in [5.41, 5.74) is 8.74. The number of carboxylic acids is 2. The first-order chi connectivity index (χ1) is 32.0. The number of aromatic hydroxyl groups is 1. The maximum atomic E-state index is 13.8. The number of likely N-dealkylation sites (tertiary alicyclic amines) is 1. The Balaban J connectivity index is 0.000000759. The number of fused-ring (bicyclic) bond motifs is 2. The average molecular weight is 968 g/mol. The van der Waals surface area contributed by atoms with Crippen molar-refractivity contribution in [3.63, 3.8) is 0 Å². The number of nitrogens with zero attached hydrogens (tertiary/aromatic N) is 2. The third-order valence-electron chi connectivity index (χ3n) is 10.6. The van der Waals surface area contributed by atoms with Crippen molar-refractivity contribution in [2.45, 2.75) is 89.1 Å². The molecule has 1 fully saturated rings. The lowest BCUT2D eigenvalue weighted by molar-refractivity contribution is -0.193.